The molecule has 1 saturated heterocycles. The summed E-state index contributed by atoms with van der Waals surface area (Å²) in [4.78, 5) is 11.2. The van der Waals surface area contributed by atoms with Crippen LogP contribution in [-0.2, 0) is 19.7 Å². The SMILES string of the molecule is CN(C1CCC(=O)CC1)S(=O)(=O)N1CCOCC1. The summed E-state index contributed by atoms with van der Waals surface area (Å²) in [5, 5.41) is 0. The van der Waals surface area contributed by atoms with E-state index in [1.54, 1.807) is 7.05 Å². The van der Waals surface area contributed by atoms with Crippen molar-refractivity contribution in [2.75, 3.05) is 33.4 Å². The van der Waals surface area contributed by atoms with Gasteiger partial charge in [0.25, 0.3) is 10.2 Å². The van der Waals surface area contributed by atoms with Crippen LogP contribution >= 0.6 is 0 Å². The second-order valence-corrected chi connectivity index (χ2v) is 6.79. The van der Waals surface area contributed by atoms with Crippen molar-refractivity contribution in [2.24, 2.45) is 0 Å². The van der Waals surface area contributed by atoms with Crippen LogP contribution in [0.5, 0.6) is 0 Å². The average molecular weight is 276 g/mol. The zero-order chi connectivity index (χ0) is 13.2. The minimum atomic E-state index is -3.40. The van der Waals surface area contributed by atoms with Gasteiger partial charge in [0.1, 0.15) is 5.78 Å². The highest BCUT2D eigenvalue weighted by molar-refractivity contribution is 7.86. The predicted octanol–water partition coefficient (Wildman–Crippen LogP) is 0.00690. The molecule has 104 valence electrons. The zero-order valence-electron chi connectivity index (χ0n) is 10.7. The van der Waals surface area contributed by atoms with Gasteiger partial charge >= 0.3 is 0 Å². The van der Waals surface area contributed by atoms with Crippen LogP contribution in [0.3, 0.4) is 0 Å². The summed E-state index contributed by atoms with van der Waals surface area (Å²) in [5.41, 5.74) is 0. The van der Waals surface area contributed by atoms with Crippen LogP contribution in [0.15, 0.2) is 0 Å². The van der Waals surface area contributed by atoms with E-state index in [0.29, 0.717) is 52.0 Å². The number of morpholine rings is 1. The molecule has 2 rings (SSSR count). The van der Waals surface area contributed by atoms with E-state index >= 15 is 0 Å². The summed E-state index contributed by atoms with van der Waals surface area (Å²) in [6, 6.07) is -0.0458. The molecular weight excluding hydrogens is 256 g/mol. The molecule has 1 saturated carbocycles. The van der Waals surface area contributed by atoms with Crippen LogP contribution in [0.4, 0.5) is 0 Å². The third-order valence-corrected chi connectivity index (χ3v) is 5.73. The molecule has 1 aliphatic carbocycles. The number of carbonyl (C=O) groups is 1. The summed E-state index contributed by atoms with van der Waals surface area (Å²) in [7, 11) is -1.79. The Balaban J connectivity index is 2.02. The lowest BCUT2D eigenvalue weighted by molar-refractivity contribution is -0.120. The van der Waals surface area contributed by atoms with Crippen LogP contribution in [-0.4, -0.2) is 62.2 Å². The van der Waals surface area contributed by atoms with Crippen molar-refractivity contribution in [3.05, 3.63) is 0 Å². The Morgan fingerprint density at radius 2 is 1.78 bits per heavy atom. The van der Waals surface area contributed by atoms with E-state index in [1.807, 2.05) is 0 Å². The van der Waals surface area contributed by atoms with Crippen LogP contribution in [0.2, 0.25) is 0 Å². The van der Waals surface area contributed by atoms with Gasteiger partial charge in [-0.1, -0.05) is 0 Å². The second kappa shape index (κ2) is 5.64. The van der Waals surface area contributed by atoms with Gasteiger partial charge in [0.05, 0.1) is 13.2 Å². The summed E-state index contributed by atoms with van der Waals surface area (Å²) >= 11 is 0. The minimum Gasteiger partial charge on any atom is -0.379 e. The number of carbonyl (C=O) groups excluding carboxylic acids is 1. The molecule has 6 nitrogen and oxygen atoms in total. The first-order valence-corrected chi connectivity index (χ1v) is 7.74. The van der Waals surface area contributed by atoms with Gasteiger partial charge in [-0.2, -0.15) is 17.0 Å². The fourth-order valence-corrected chi connectivity index (χ4v) is 4.00. The summed E-state index contributed by atoms with van der Waals surface area (Å²) in [6.45, 7) is 1.74. The van der Waals surface area contributed by atoms with Crippen molar-refractivity contribution in [3.63, 3.8) is 0 Å². The lowest BCUT2D eigenvalue weighted by atomic mass is 9.95. The number of hydrogen-bond donors (Lipinski definition) is 0. The minimum absolute atomic E-state index is 0.0458. The van der Waals surface area contributed by atoms with Crippen LogP contribution < -0.4 is 0 Å². The molecule has 0 aromatic heterocycles. The average Bonchev–Trinajstić information content (AvgIpc) is 2.40. The topological polar surface area (TPSA) is 66.9 Å². The van der Waals surface area contributed by atoms with Crippen LogP contribution in [0.1, 0.15) is 25.7 Å². The molecule has 0 bridgehead atoms. The Bertz CT molecular complexity index is 393. The van der Waals surface area contributed by atoms with Crippen molar-refractivity contribution in [1.82, 2.24) is 8.61 Å². The van der Waals surface area contributed by atoms with Crippen molar-refractivity contribution >= 4 is 16.0 Å². The van der Waals surface area contributed by atoms with E-state index in [9.17, 15) is 13.2 Å². The Labute approximate surface area is 108 Å². The first-order chi connectivity index (χ1) is 8.51. The molecule has 1 aliphatic heterocycles. The van der Waals surface area contributed by atoms with E-state index in [4.69, 9.17) is 4.74 Å². The molecule has 0 radical (unpaired) electrons. The van der Waals surface area contributed by atoms with Gasteiger partial charge in [-0.05, 0) is 12.8 Å². The highest BCUT2D eigenvalue weighted by Gasteiger charge is 2.34. The Hall–Kier alpha value is -0.500. The fraction of sp³-hybridized carbons (Fsp3) is 0.909. The third-order valence-electron chi connectivity index (χ3n) is 3.69. The number of nitrogens with zero attached hydrogens (tertiary/aromatic N) is 2. The fourth-order valence-electron chi connectivity index (χ4n) is 2.44. The lowest BCUT2D eigenvalue weighted by Crippen LogP contribution is -2.51. The monoisotopic (exact) mass is 276 g/mol. The van der Waals surface area contributed by atoms with Gasteiger partial charge in [0.15, 0.2) is 0 Å². The predicted molar refractivity (Wildman–Crippen MR) is 66.3 cm³/mol. The molecule has 0 N–H and O–H groups in total. The summed E-state index contributed by atoms with van der Waals surface area (Å²) < 4.78 is 32.8. The third kappa shape index (κ3) is 2.90. The summed E-state index contributed by atoms with van der Waals surface area (Å²) in [6.07, 6.45) is 2.26. The maximum atomic E-state index is 12.4. The molecule has 0 aromatic carbocycles. The molecular formula is C11H20N2O4S. The molecule has 0 amide bonds. The molecule has 0 spiro atoms. The van der Waals surface area contributed by atoms with Gasteiger partial charge in [-0.15, -0.1) is 0 Å². The van der Waals surface area contributed by atoms with Gasteiger partial charge in [-0.3, -0.25) is 4.79 Å². The maximum Gasteiger partial charge on any atom is 0.282 e. The second-order valence-electron chi connectivity index (χ2n) is 4.81. The molecule has 0 unspecified atom stereocenters. The van der Waals surface area contributed by atoms with E-state index in [2.05, 4.69) is 0 Å². The molecule has 2 aliphatic rings. The summed E-state index contributed by atoms with van der Waals surface area (Å²) in [5.74, 6) is 0.239. The molecule has 0 aromatic rings. The first kappa shape index (κ1) is 13.9. The van der Waals surface area contributed by atoms with Crippen LogP contribution in [0.25, 0.3) is 0 Å². The zero-order valence-corrected chi connectivity index (χ0v) is 11.5. The lowest BCUT2D eigenvalue weighted by Gasteiger charge is -2.35. The Kier molecular flexibility index (Phi) is 4.37. The van der Waals surface area contributed by atoms with E-state index in [1.165, 1.54) is 8.61 Å². The standard InChI is InChI=1S/C11H20N2O4S/c1-12(10-2-4-11(14)5-3-10)18(15,16)13-6-8-17-9-7-13/h10H,2-9H2,1H3. The maximum absolute atomic E-state index is 12.4. The molecule has 1 heterocycles. The highest BCUT2D eigenvalue weighted by Crippen LogP contribution is 2.23. The highest BCUT2D eigenvalue weighted by atomic mass is 32.2. The van der Waals surface area contributed by atoms with Gasteiger partial charge < -0.3 is 4.74 Å². The number of rotatable bonds is 3. The van der Waals surface area contributed by atoms with Crippen molar-refractivity contribution in [1.29, 1.82) is 0 Å². The normalized spacial score (nSPS) is 24.7. The molecule has 2 fully saturated rings. The number of hydrogen-bond acceptors (Lipinski definition) is 4. The Morgan fingerprint density at radius 1 is 1.22 bits per heavy atom. The van der Waals surface area contributed by atoms with Gasteiger partial charge in [0, 0.05) is 39.0 Å². The van der Waals surface area contributed by atoms with Gasteiger partial charge in [-0.25, -0.2) is 0 Å². The molecule has 0 atom stereocenters. The number of ketones is 1. The quantitative estimate of drug-likeness (QED) is 0.728. The van der Waals surface area contributed by atoms with Crippen molar-refractivity contribution in [3.8, 4) is 0 Å². The number of Topliss-reactive ketones (excluding diaryl/α,β-unsaturated/α-hetero) is 1. The van der Waals surface area contributed by atoms with Gasteiger partial charge in [0.2, 0.25) is 0 Å². The molecule has 7 heteroatoms. The number of ether oxygens (including phenoxy) is 1. The largest absolute Gasteiger partial charge is 0.379 e. The van der Waals surface area contributed by atoms with E-state index in [-0.39, 0.29) is 11.8 Å². The molecule has 18 heavy (non-hydrogen) atoms. The van der Waals surface area contributed by atoms with Crippen molar-refractivity contribution in [2.45, 2.75) is 31.7 Å². The van der Waals surface area contributed by atoms with E-state index < -0.39 is 10.2 Å². The Morgan fingerprint density at radius 3 is 2.33 bits per heavy atom. The van der Waals surface area contributed by atoms with Crippen LogP contribution in [0, 0.1) is 0 Å². The smallest absolute Gasteiger partial charge is 0.282 e. The van der Waals surface area contributed by atoms with Crippen molar-refractivity contribution < 1.29 is 17.9 Å². The van der Waals surface area contributed by atoms with E-state index in [0.717, 1.165) is 0 Å². The first-order valence-electron chi connectivity index (χ1n) is 6.34.